The predicted molar refractivity (Wildman–Crippen MR) is 69.8 cm³/mol. The Morgan fingerprint density at radius 3 is 2.59 bits per heavy atom. The fraction of sp³-hybridized carbons (Fsp3) is 0.533. The van der Waals surface area contributed by atoms with E-state index in [1.807, 2.05) is 13.0 Å². The van der Waals surface area contributed by atoms with Gasteiger partial charge < -0.3 is 4.74 Å². The average Bonchev–Trinajstić information content (AvgIpc) is 2.35. The van der Waals surface area contributed by atoms with E-state index in [0.29, 0.717) is 18.9 Å². The van der Waals surface area contributed by atoms with Crippen molar-refractivity contribution in [3.63, 3.8) is 0 Å². The first-order valence-electron chi connectivity index (χ1n) is 6.42. The molecule has 0 aliphatic rings. The van der Waals surface area contributed by atoms with Crippen molar-refractivity contribution < 1.29 is 9.53 Å². The van der Waals surface area contributed by atoms with Crippen LogP contribution in [0.2, 0.25) is 0 Å². The second kappa shape index (κ2) is 7.88. The van der Waals surface area contributed by atoms with Crippen molar-refractivity contribution >= 4 is 5.97 Å². The number of carbonyl (C=O) groups excluding carboxylic acids is 1. The highest BCUT2D eigenvalue weighted by molar-refractivity contribution is 5.69. The summed E-state index contributed by atoms with van der Waals surface area (Å²) in [6.45, 7) is 4.52. The molecule has 0 aliphatic heterocycles. The molecule has 0 heterocycles. The van der Waals surface area contributed by atoms with Gasteiger partial charge in [-0.2, -0.15) is 0 Å². The Morgan fingerprint density at radius 1 is 1.24 bits per heavy atom. The molecule has 2 nitrogen and oxygen atoms in total. The smallest absolute Gasteiger partial charge is 0.305 e. The van der Waals surface area contributed by atoms with E-state index >= 15 is 0 Å². The minimum Gasteiger partial charge on any atom is -0.466 e. The van der Waals surface area contributed by atoms with Crippen LogP contribution in [0, 0.1) is 5.92 Å². The van der Waals surface area contributed by atoms with Gasteiger partial charge in [-0.1, -0.05) is 37.3 Å². The monoisotopic (exact) mass is 234 g/mol. The van der Waals surface area contributed by atoms with E-state index < -0.39 is 0 Å². The maximum absolute atomic E-state index is 11.2. The Morgan fingerprint density at radius 2 is 1.94 bits per heavy atom. The summed E-state index contributed by atoms with van der Waals surface area (Å²) in [5, 5.41) is 0. The summed E-state index contributed by atoms with van der Waals surface area (Å²) >= 11 is 0. The summed E-state index contributed by atoms with van der Waals surface area (Å²) in [5.41, 5.74) is 1.37. The highest BCUT2D eigenvalue weighted by atomic mass is 16.5. The van der Waals surface area contributed by atoms with Gasteiger partial charge >= 0.3 is 5.97 Å². The van der Waals surface area contributed by atoms with Gasteiger partial charge in [0.15, 0.2) is 0 Å². The molecule has 1 aromatic carbocycles. The van der Waals surface area contributed by atoms with Gasteiger partial charge in [-0.05, 0) is 37.7 Å². The van der Waals surface area contributed by atoms with Crippen molar-refractivity contribution in [3.05, 3.63) is 35.9 Å². The Hall–Kier alpha value is -1.31. The van der Waals surface area contributed by atoms with E-state index in [9.17, 15) is 4.79 Å². The van der Waals surface area contributed by atoms with Gasteiger partial charge in [-0.3, -0.25) is 4.79 Å². The lowest BCUT2D eigenvalue weighted by atomic mass is 9.97. The Labute approximate surface area is 104 Å². The van der Waals surface area contributed by atoms with Gasteiger partial charge in [0.05, 0.1) is 6.61 Å². The van der Waals surface area contributed by atoms with E-state index in [1.54, 1.807) is 0 Å². The molecule has 0 radical (unpaired) electrons. The van der Waals surface area contributed by atoms with Crippen molar-refractivity contribution in [2.75, 3.05) is 6.61 Å². The summed E-state index contributed by atoms with van der Waals surface area (Å²) in [4.78, 5) is 11.2. The molecule has 1 unspecified atom stereocenters. The number of esters is 1. The van der Waals surface area contributed by atoms with Crippen molar-refractivity contribution in [3.8, 4) is 0 Å². The minimum atomic E-state index is -0.0703. The van der Waals surface area contributed by atoms with E-state index in [1.165, 1.54) is 5.56 Å². The second-order valence-electron chi connectivity index (χ2n) is 4.47. The Bertz CT molecular complexity index is 319. The van der Waals surface area contributed by atoms with E-state index in [2.05, 4.69) is 31.2 Å². The van der Waals surface area contributed by atoms with E-state index in [0.717, 1.165) is 19.3 Å². The topological polar surface area (TPSA) is 26.3 Å². The van der Waals surface area contributed by atoms with Gasteiger partial charge in [0.1, 0.15) is 0 Å². The SMILES string of the molecule is CCOC(=O)CCC(C)CCc1ccccc1. The first-order valence-corrected chi connectivity index (χ1v) is 6.42. The number of ether oxygens (including phenoxy) is 1. The number of rotatable bonds is 7. The molecule has 0 N–H and O–H groups in total. The molecular formula is C15H22O2. The molecule has 0 amide bonds. The summed E-state index contributed by atoms with van der Waals surface area (Å²) in [6.07, 6.45) is 3.68. The van der Waals surface area contributed by atoms with Gasteiger partial charge in [-0.15, -0.1) is 0 Å². The van der Waals surface area contributed by atoms with Crippen LogP contribution in [0.4, 0.5) is 0 Å². The maximum Gasteiger partial charge on any atom is 0.305 e. The fourth-order valence-corrected chi connectivity index (χ4v) is 1.80. The lowest BCUT2D eigenvalue weighted by molar-refractivity contribution is -0.143. The molecule has 2 heteroatoms. The number of aryl methyl sites for hydroxylation is 1. The Kier molecular flexibility index (Phi) is 6.38. The largest absolute Gasteiger partial charge is 0.466 e. The van der Waals surface area contributed by atoms with Crippen LogP contribution in [-0.2, 0) is 16.0 Å². The molecule has 0 bridgehead atoms. The van der Waals surface area contributed by atoms with Crippen LogP contribution in [-0.4, -0.2) is 12.6 Å². The van der Waals surface area contributed by atoms with Crippen LogP contribution in [0.5, 0.6) is 0 Å². The zero-order valence-electron chi connectivity index (χ0n) is 10.8. The molecule has 1 rings (SSSR count). The molecule has 0 saturated heterocycles. The molecule has 17 heavy (non-hydrogen) atoms. The number of benzene rings is 1. The standard InChI is InChI=1S/C15H22O2/c1-3-17-15(16)12-10-13(2)9-11-14-7-5-4-6-8-14/h4-8,13H,3,9-12H2,1-2H3. The summed E-state index contributed by atoms with van der Waals surface area (Å²) in [7, 11) is 0. The number of hydrogen-bond donors (Lipinski definition) is 0. The Balaban J connectivity index is 2.17. The van der Waals surface area contributed by atoms with Crippen molar-refractivity contribution in [1.82, 2.24) is 0 Å². The predicted octanol–water partition coefficient (Wildman–Crippen LogP) is 3.60. The normalized spacial score (nSPS) is 12.1. The van der Waals surface area contributed by atoms with Crippen molar-refractivity contribution in [1.29, 1.82) is 0 Å². The molecule has 0 aromatic heterocycles. The summed E-state index contributed by atoms with van der Waals surface area (Å²) in [6, 6.07) is 10.5. The van der Waals surface area contributed by atoms with Crippen molar-refractivity contribution in [2.24, 2.45) is 5.92 Å². The highest BCUT2D eigenvalue weighted by Crippen LogP contribution is 2.14. The van der Waals surface area contributed by atoms with Gasteiger partial charge in [-0.25, -0.2) is 0 Å². The third kappa shape index (κ3) is 6.10. The van der Waals surface area contributed by atoms with Crippen LogP contribution in [0.25, 0.3) is 0 Å². The molecule has 1 aromatic rings. The average molecular weight is 234 g/mol. The molecule has 1 atom stereocenters. The third-order valence-corrected chi connectivity index (χ3v) is 2.92. The highest BCUT2D eigenvalue weighted by Gasteiger charge is 2.07. The van der Waals surface area contributed by atoms with Gasteiger partial charge in [0.2, 0.25) is 0 Å². The first kappa shape index (κ1) is 13.8. The van der Waals surface area contributed by atoms with Gasteiger partial charge in [0, 0.05) is 6.42 Å². The number of hydrogen-bond acceptors (Lipinski definition) is 2. The molecule has 94 valence electrons. The second-order valence-corrected chi connectivity index (χ2v) is 4.47. The van der Waals surface area contributed by atoms with E-state index in [-0.39, 0.29) is 5.97 Å². The third-order valence-electron chi connectivity index (χ3n) is 2.92. The zero-order valence-corrected chi connectivity index (χ0v) is 10.8. The van der Waals surface area contributed by atoms with Crippen LogP contribution < -0.4 is 0 Å². The van der Waals surface area contributed by atoms with Crippen LogP contribution in [0.1, 0.15) is 38.7 Å². The maximum atomic E-state index is 11.2. The lowest BCUT2D eigenvalue weighted by Gasteiger charge is -2.10. The quantitative estimate of drug-likeness (QED) is 0.674. The first-order chi connectivity index (χ1) is 8.22. The molecule has 0 saturated carbocycles. The van der Waals surface area contributed by atoms with Crippen LogP contribution in [0.15, 0.2) is 30.3 Å². The summed E-state index contributed by atoms with van der Waals surface area (Å²) in [5.74, 6) is 0.499. The molecule has 0 spiro atoms. The zero-order chi connectivity index (χ0) is 12.5. The van der Waals surface area contributed by atoms with E-state index in [4.69, 9.17) is 4.74 Å². The molecular weight excluding hydrogens is 212 g/mol. The molecule has 0 fully saturated rings. The molecule has 0 aliphatic carbocycles. The van der Waals surface area contributed by atoms with Crippen LogP contribution >= 0.6 is 0 Å². The summed E-state index contributed by atoms with van der Waals surface area (Å²) < 4.78 is 4.92. The number of carbonyl (C=O) groups is 1. The van der Waals surface area contributed by atoms with Crippen molar-refractivity contribution in [2.45, 2.75) is 39.5 Å². The van der Waals surface area contributed by atoms with Crippen LogP contribution in [0.3, 0.4) is 0 Å². The lowest BCUT2D eigenvalue weighted by Crippen LogP contribution is -2.07. The fourth-order valence-electron chi connectivity index (χ4n) is 1.80. The minimum absolute atomic E-state index is 0.0703. The van der Waals surface area contributed by atoms with Gasteiger partial charge in [0.25, 0.3) is 0 Å².